The molecule has 2 aliphatic rings. The van der Waals surface area contributed by atoms with Gasteiger partial charge in [0.1, 0.15) is 6.04 Å². The number of quaternary nitrogens is 1. The highest BCUT2D eigenvalue weighted by Gasteiger charge is 2.82. The number of piperazine rings is 1. The van der Waals surface area contributed by atoms with E-state index in [1.165, 1.54) is 0 Å². The number of imide groups is 1. The highest BCUT2D eigenvalue weighted by molar-refractivity contribution is 8.11. The van der Waals surface area contributed by atoms with Gasteiger partial charge >= 0.3 is 15.7 Å². The number of carbonyl (C=O) groups is 2. The van der Waals surface area contributed by atoms with Crippen LogP contribution in [0.5, 0.6) is 0 Å². The van der Waals surface area contributed by atoms with Crippen LogP contribution in [0.2, 0.25) is 0 Å². The van der Waals surface area contributed by atoms with Crippen molar-refractivity contribution in [3.05, 3.63) is 35.9 Å². The van der Waals surface area contributed by atoms with E-state index in [-0.39, 0.29) is 4.48 Å². The topological polar surface area (TPSA) is 117 Å². The summed E-state index contributed by atoms with van der Waals surface area (Å²) in [5.41, 5.74) is -0.403. The first kappa shape index (κ1) is 22.8. The zero-order valence-electron chi connectivity index (χ0n) is 17.1. The Morgan fingerprint density at radius 2 is 1.90 bits per heavy atom. The molecular formula is C18H26N5O5S2+. The molecule has 0 aromatic heterocycles. The van der Waals surface area contributed by atoms with Crippen LogP contribution in [-0.2, 0) is 20.1 Å². The zero-order valence-corrected chi connectivity index (χ0v) is 18.7. The molecule has 1 aromatic rings. The smallest absolute Gasteiger partial charge is 0.309 e. The predicted octanol–water partition coefficient (Wildman–Crippen LogP) is 0.381. The van der Waals surface area contributed by atoms with Crippen LogP contribution in [0.25, 0.3) is 0 Å². The maximum atomic E-state index is 13.5. The normalized spacial score (nSPS) is 27.8. The number of hydrogen-bond donors (Lipinski definition) is 2. The molecule has 0 bridgehead atoms. The quantitative estimate of drug-likeness (QED) is 0.466. The Morgan fingerprint density at radius 3 is 2.43 bits per heavy atom. The second-order valence-electron chi connectivity index (χ2n) is 7.48. The van der Waals surface area contributed by atoms with Crippen LogP contribution < -0.4 is 10.0 Å². The molecule has 3 atom stereocenters. The van der Waals surface area contributed by atoms with E-state index in [1.807, 2.05) is 37.4 Å². The maximum Gasteiger partial charge on any atom is 0.311 e. The van der Waals surface area contributed by atoms with Crippen LogP contribution in [0, 0.1) is 0 Å². The average molecular weight is 457 g/mol. The fourth-order valence-electron chi connectivity index (χ4n) is 4.62. The molecule has 1 saturated carbocycles. The minimum Gasteiger partial charge on any atom is -0.309 e. The molecule has 0 radical (unpaired) electrons. The molecular weight excluding hydrogens is 430 g/mol. The summed E-state index contributed by atoms with van der Waals surface area (Å²) in [5, 5.41) is 3.68. The molecule has 2 amide bonds. The Bertz CT molecular complexity index is 926. The van der Waals surface area contributed by atoms with Crippen molar-refractivity contribution in [2.24, 2.45) is 4.36 Å². The fraction of sp³-hybridized carbons (Fsp3) is 0.556. The van der Waals surface area contributed by atoms with Gasteiger partial charge in [-0.1, -0.05) is 30.3 Å². The van der Waals surface area contributed by atoms with E-state index in [0.717, 1.165) is 17.5 Å². The van der Waals surface area contributed by atoms with Crippen LogP contribution in [0.1, 0.15) is 11.5 Å². The summed E-state index contributed by atoms with van der Waals surface area (Å²) in [6, 6.07) is 8.45. The van der Waals surface area contributed by atoms with Gasteiger partial charge in [0.25, 0.3) is 5.91 Å². The zero-order chi connectivity index (χ0) is 21.9. The summed E-state index contributed by atoms with van der Waals surface area (Å²) in [6.45, 7) is 2.21. The molecule has 30 heavy (non-hydrogen) atoms. The van der Waals surface area contributed by atoms with Crippen molar-refractivity contribution in [3.8, 4) is 0 Å². The monoisotopic (exact) mass is 456 g/mol. The van der Waals surface area contributed by atoms with Crippen molar-refractivity contribution in [1.82, 2.24) is 15.1 Å². The van der Waals surface area contributed by atoms with Crippen molar-refractivity contribution < 1.29 is 27.3 Å². The number of hydrogen-bond acceptors (Lipinski definition) is 9. The van der Waals surface area contributed by atoms with Crippen molar-refractivity contribution in [3.63, 3.8) is 0 Å². The van der Waals surface area contributed by atoms with Gasteiger partial charge in [0.2, 0.25) is 5.54 Å². The molecule has 1 aromatic carbocycles. The van der Waals surface area contributed by atoms with Gasteiger partial charge in [-0.3, -0.25) is 19.6 Å². The number of nitrogens with zero attached hydrogens (tertiary/aromatic N) is 3. The Labute approximate surface area is 181 Å². The highest BCUT2D eigenvalue weighted by atomic mass is 32.2. The molecule has 0 spiro atoms. The van der Waals surface area contributed by atoms with Gasteiger partial charge in [0.05, 0.1) is 46.3 Å². The second-order valence-corrected chi connectivity index (χ2v) is 9.11. The fourth-order valence-corrected chi connectivity index (χ4v) is 5.41. The SMILES string of the molecule is CNSC(=O)NC(=O)C1([N+]2(C)CCN(OC)CC2)C(N=S(=O)=O)C1c1ccccc1. The lowest BCUT2D eigenvalue weighted by Gasteiger charge is -2.46. The number of likely N-dealkylation sites (N-methyl/N-ethyl adjacent to an activating group) is 1. The van der Waals surface area contributed by atoms with Crippen LogP contribution in [0.3, 0.4) is 0 Å². The molecule has 2 N–H and O–H groups in total. The van der Waals surface area contributed by atoms with Crippen molar-refractivity contribution in [1.29, 1.82) is 0 Å². The van der Waals surface area contributed by atoms with E-state index in [2.05, 4.69) is 14.4 Å². The Kier molecular flexibility index (Phi) is 6.95. The molecule has 3 unspecified atom stereocenters. The molecule has 1 saturated heterocycles. The Balaban J connectivity index is 2.08. The minimum absolute atomic E-state index is 0.251. The van der Waals surface area contributed by atoms with Gasteiger partial charge in [-0.05, 0) is 12.6 Å². The third-order valence-electron chi connectivity index (χ3n) is 6.10. The average Bonchev–Trinajstić information content (AvgIpc) is 3.38. The number of rotatable bonds is 6. The van der Waals surface area contributed by atoms with Crippen LogP contribution in [0.4, 0.5) is 4.79 Å². The number of hydroxylamine groups is 2. The van der Waals surface area contributed by atoms with Gasteiger partial charge in [-0.15, -0.1) is 0 Å². The standard InChI is InChI=1S/C18H25N5O5S2/c1-19-29-17(25)20-16(24)18(23(2)11-9-22(28-3)10-12-23)14(15(18)21-30(26)27)13-7-5-4-6-8-13/h4-8,14-15,19H,9-12H2,1-3H3/p+1. The first-order valence-electron chi connectivity index (χ1n) is 9.48. The van der Waals surface area contributed by atoms with E-state index >= 15 is 0 Å². The molecule has 10 nitrogen and oxygen atoms in total. The Morgan fingerprint density at radius 1 is 1.27 bits per heavy atom. The molecule has 2 fully saturated rings. The second kappa shape index (κ2) is 9.12. The van der Waals surface area contributed by atoms with Crippen molar-refractivity contribution in [2.75, 3.05) is 47.4 Å². The predicted molar refractivity (Wildman–Crippen MR) is 112 cm³/mol. The molecule has 1 heterocycles. The molecule has 164 valence electrons. The van der Waals surface area contributed by atoms with Gasteiger partial charge < -0.3 is 9.32 Å². The minimum atomic E-state index is -2.69. The first-order chi connectivity index (χ1) is 14.3. The lowest BCUT2D eigenvalue weighted by Crippen LogP contribution is -2.69. The van der Waals surface area contributed by atoms with Gasteiger partial charge in [0, 0.05) is 11.9 Å². The third-order valence-corrected chi connectivity index (χ3v) is 6.99. The molecule has 1 aliphatic heterocycles. The molecule has 1 aliphatic carbocycles. The van der Waals surface area contributed by atoms with Crippen LogP contribution in [0.15, 0.2) is 34.7 Å². The summed E-state index contributed by atoms with van der Waals surface area (Å²) >= 11 is 0.757. The molecule has 12 heteroatoms. The summed E-state index contributed by atoms with van der Waals surface area (Å²) in [5.74, 6) is -0.986. The number of carbonyl (C=O) groups excluding carboxylic acids is 2. The third kappa shape index (κ3) is 4.03. The van der Waals surface area contributed by atoms with Gasteiger partial charge in [-0.25, -0.2) is 0 Å². The van der Waals surface area contributed by atoms with Crippen LogP contribution in [-0.4, -0.2) is 88.1 Å². The van der Waals surface area contributed by atoms with Crippen molar-refractivity contribution >= 4 is 33.6 Å². The van der Waals surface area contributed by atoms with E-state index in [4.69, 9.17) is 4.84 Å². The summed E-state index contributed by atoms with van der Waals surface area (Å²) in [7, 11) is 2.39. The summed E-state index contributed by atoms with van der Waals surface area (Å²) in [4.78, 5) is 31.0. The first-order valence-corrected chi connectivity index (χ1v) is 11.3. The summed E-state index contributed by atoms with van der Waals surface area (Å²) < 4.78 is 29.8. The largest absolute Gasteiger partial charge is 0.311 e. The van der Waals surface area contributed by atoms with E-state index in [9.17, 15) is 18.0 Å². The number of nitrogens with one attached hydrogen (secondary N) is 2. The lowest BCUT2D eigenvalue weighted by atomic mass is 10.0. The van der Waals surface area contributed by atoms with E-state index in [0.29, 0.717) is 26.2 Å². The van der Waals surface area contributed by atoms with Gasteiger partial charge in [0.15, 0.2) is 0 Å². The van der Waals surface area contributed by atoms with E-state index < -0.39 is 39.1 Å². The maximum absolute atomic E-state index is 13.5. The number of benzene rings is 1. The van der Waals surface area contributed by atoms with Crippen LogP contribution >= 0.6 is 11.9 Å². The van der Waals surface area contributed by atoms with Crippen molar-refractivity contribution in [2.45, 2.75) is 17.5 Å². The lowest BCUT2D eigenvalue weighted by molar-refractivity contribution is -0.941. The number of amides is 2. The Hall–Kier alpha value is -1.83. The molecule has 3 rings (SSSR count). The van der Waals surface area contributed by atoms with E-state index in [1.54, 1.807) is 19.2 Å². The van der Waals surface area contributed by atoms with Gasteiger partial charge in [-0.2, -0.15) is 17.8 Å². The highest BCUT2D eigenvalue weighted by Crippen LogP contribution is 2.60. The summed E-state index contributed by atoms with van der Waals surface area (Å²) in [6.07, 6.45) is 0.